The van der Waals surface area contributed by atoms with Gasteiger partial charge in [0.2, 0.25) is 0 Å². The number of allylic oxidation sites excluding steroid dienone is 1. The Hall–Kier alpha value is -1.17. The minimum atomic E-state index is -4.84. The first-order valence-corrected chi connectivity index (χ1v) is 6.05. The van der Waals surface area contributed by atoms with E-state index in [4.69, 9.17) is 10.2 Å². The van der Waals surface area contributed by atoms with E-state index < -0.39 is 50.7 Å². The highest BCUT2D eigenvalue weighted by Gasteiger charge is 2.40. The molecule has 0 saturated carbocycles. The van der Waals surface area contributed by atoms with Gasteiger partial charge < -0.3 is 0 Å². The maximum atomic E-state index is 12.2. The van der Waals surface area contributed by atoms with Crippen LogP contribution in [0, 0.1) is 11.3 Å². The van der Waals surface area contributed by atoms with Crippen molar-refractivity contribution in [2.75, 3.05) is 0 Å². The second-order valence-corrected chi connectivity index (χ2v) is 4.40. The van der Waals surface area contributed by atoms with Crippen molar-refractivity contribution in [1.29, 1.82) is 5.26 Å². The summed E-state index contributed by atoms with van der Waals surface area (Å²) >= 11 is 0. The minimum absolute atomic E-state index is 0.681. The summed E-state index contributed by atoms with van der Waals surface area (Å²) in [5.41, 5.74) is -1.66. The zero-order valence-electron chi connectivity index (χ0n) is 9.92. The highest BCUT2D eigenvalue weighted by atomic mass is 31.1. The van der Waals surface area contributed by atoms with E-state index in [1.54, 1.807) is 0 Å². The Labute approximate surface area is 110 Å². The number of rotatable bonds is 5. The number of hydrogen-bond donors (Lipinski definition) is 1. The van der Waals surface area contributed by atoms with E-state index in [0.717, 1.165) is 13.0 Å². The van der Waals surface area contributed by atoms with E-state index in [1.165, 1.54) is 0 Å². The molecule has 0 rings (SSSR count). The van der Waals surface area contributed by atoms with Gasteiger partial charge in [-0.25, -0.2) is 0 Å². The average molecular weight is 324 g/mol. The van der Waals surface area contributed by atoms with Crippen LogP contribution < -0.4 is 0 Å². The second-order valence-electron chi connectivity index (χ2n) is 3.72. The third-order valence-electron chi connectivity index (χ3n) is 2.11. The number of nitriles is 1. The molecule has 2 unspecified atom stereocenters. The Morgan fingerprint density at radius 1 is 1.30 bits per heavy atom. The summed E-state index contributed by atoms with van der Waals surface area (Å²) in [7, 11) is -3.46. The van der Waals surface area contributed by atoms with Crippen LogP contribution >= 0.6 is 8.25 Å². The number of halogens is 6. The van der Waals surface area contributed by atoms with Crippen LogP contribution in [0.5, 0.6) is 0 Å². The van der Waals surface area contributed by atoms with Crippen LogP contribution in [0.2, 0.25) is 0 Å². The summed E-state index contributed by atoms with van der Waals surface area (Å²) in [5.74, 6) is 0. The van der Waals surface area contributed by atoms with Crippen LogP contribution in [0.15, 0.2) is 11.1 Å². The van der Waals surface area contributed by atoms with E-state index in [2.05, 4.69) is 4.52 Å². The molecule has 0 aromatic rings. The van der Waals surface area contributed by atoms with E-state index in [0.29, 0.717) is 0 Å². The van der Waals surface area contributed by atoms with E-state index in [-0.39, 0.29) is 0 Å². The lowest BCUT2D eigenvalue weighted by Crippen LogP contribution is -2.23. The van der Waals surface area contributed by atoms with Crippen molar-refractivity contribution in [3.8, 4) is 6.07 Å². The van der Waals surface area contributed by atoms with E-state index >= 15 is 0 Å². The molecule has 0 aliphatic carbocycles. The topological polar surface area (TPSA) is 70.3 Å². The lowest BCUT2D eigenvalue weighted by atomic mass is 10.0. The number of alkyl halides is 6. The largest absolute Gasteiger partial charge is 0.695 e. The Balaban J connectivity index is 5.41. The van der Waals surface area contributed by atoms with Gasteiger partial charge in [0, 0.05) is 10.1 Å². The van der Waals surface area contributed by atoms with Crippen molar-refractivity contribution in [2.45, 2.75) is 38.2 Å². The van der Waals surface area contributed by atoms with Gasteiger partial charge in [0.15, 0.2) is 0 Å². The van der Waals surface area contributed by atoms with E-state index in [1.807, 2.05) is 0 Å². The summed E-state index contributed by atoms with van der Waals surface area (Å²) in [6.07, 6.45) is -15.3. The van der Waals surface area contributed by atoms with Crippen LogP contribution in [0.25, 0.3) is 0 Å². The second kappa shape index (κ2) is 7.02. The summed E-state index contributed by atoms with van der Waals surface area (Å²) in [6, 6.07) is 1.13. The predicted molar refractivity (Wildman–Crippen MR) is 54.4 cm³/mol. The highest BCUT2D eigenvalue weighted by molar-refractivity contribution is 7.32. The van der Waals surface area contributed by atoms with Gasteiger partial charge in [0.25, 0.3) is 0 Å². The molecule has 0 aliphatic rings. The van der Waals surface area contributed by atoms with Gasteiger partial charge in [0.1, 0.15) is 6.10 Å². The Bertz CT molecular complexity index is 436. The fraction of sp³-hybridized carbons (Fsp3) is 0.667. The standard InChI is InChI=1S/C9H8F6NO3P/c1-5(6(4-16)2-8(10,11)12)7(19-20(17)18)3-9(13,14)15/h7H,2-3H2,1H3/p+1. The molecule has 0 aromatic carbocycles. The fourth-order valence-electron chi connectivity index (χ4n) is 1.25. The molecule has 0 aliphatic heterocycles. The van der Waals surface area contributed by atoms with Crippen molar-refractivity contribution in [3.63, 3.8) is 0 Å². The molecule has 0 radical (unpaired) electrons. The highest BCUT2D eigenvalue weighted by Crippen LogP contribution is 2.35. The van der Waals surface area contributed by atoms with Crippen molar-refractivity contribution in [2.24, 2.45) is 0 Å². The number of nitrogens with zero attached hydrogens (tertiary/aromatic N) is 1. The third-order valence-corrected chi connectivity index (χ3v) is 2.54. The van der Waals surface area contributed by atoms with Crippen molar-refractivity contribution >= 4 is 8.25 Å². The lowest BCUT2D eigenvalue weighted by Gasteiger charge is -2.16. The SMILES string of the molecule is CC(=C(C#N)CC(F)(F)F)C(CC(F)(F)F)O[P+](=O)O. The Morgan fingerprint density at radius 3 is 2.10 bits per heavy atom. The monoisotopic (exact) mass is 324 g/mol. The van der Waals surface area contributed by atoms with Crippen molar-refractivity contribution in [1.82, 2.24) is 0 Å². The normalized spacial score (nSPS) is 16.2. The van der Waals surface area contributed by atoms with Gasteiger partial charge >= 0.3 is 20.6 Å². The van der Waals surface area contributed by atoms with Crippen LogP contribution in [0.1, 0.15) is 19.8 Å². The molecule has 1 N–H and O–H groups in total. The molecule has 2 atom stereocenters. The molecule has 114 valence electrons. The summed E-state index contributed by atoms with van der Waals surface area (Å²) in [4.78, 5) is 8.45. The van der Waals surface area contributed by atoms with Gasteiger partial charge in [-0.15, -0.1) is 9.42 Å². The lowest BCUT2D eigenvalue weighted by molar-refractivity contribution is -0.147. The molecule has 0 amide bonds. The van der Waals surface area contributed by atoms with Gasteiger partial charge in [-0.3, -0.25) is 0 Å². The minimum Gasteiger partial charge on any atom is -0.193 e. The zero-order chi connectivity index (χ0) is 16.1. The maximum absolute atomic E-state index is 12.2. The van der Waals surface area contributed by atoms with Crippen molar-refractivity contribution < 1.29 is 40.3 Å². The maximum Gasteiger partial charge on any atom is 0.695 e. The van der Waals surface area contributed by atoms with Crippen molar-refractivity contribution in [3.05, 3.63) is 11.1 Å². The first-order chi connectivity index (χ1) is 8.85. The molecule has 0 spiro atoms. The van der Waals surface area contributed by atoms with Crippen LogP contribution in [0.4, 0.5) is 26.3 Å². The van der Waals surface area contributed by atoms with Gasteiger partial charge in [-0.1, -0.05) is 0 Å². The first kappa shape index (κ1) is 18.8. The van der Waals surface area contributed by atoms with Crippen LogP contribution in [0.3, 0.4) is 0 Å². The molecular weight excluding hydrogens is 315 g/mol. The molecule has 20 heavy (non-hydrogen) atoms. The molecule has 11 heteroatoms. The first-order valence-electron chi connectivity index (χ1n) is 4.92. The third kappa shape index (κ3) is 8.09. The molecule has 0 heterocycles. The Kier molecular flexibility index (Phi) is 6.61. The smallest absolute Gasteiger partial charge is 0.193 e. The molecular formula is C9H9F6NO3P+. The predicted octanol–water partition coefficient (Wildman–Crippen LogP) is 3.77. The van der Waals surface area contributed by atoms with Gasteiger partial charge in [0.05, 0.1) is 18.9 Å². The molecule has 0 fully saturated rings. The summed E-state index contributed by atoms with van der Waals surface area (Å²) in [5, 5.41) is 8.56. The van der Waals surface area contributed by atoms with Gasteiger partial charge in [-0.2, -0.15) is 31.6 Å². The molecule has 4 nitrogen and oxygen atoms in total. The fourth-order valence-corrected chi connectivity index (χ4v) is 1.70. The summed E-state index contributed by atoms with van der Waals surface area (Å²) in [6.45, 7) is 0.819. The molecule has 0 saturated heterocycles. The molecule has 0 bridgehead atoms. The zero-order valence-corrected chi connectivity index (χ0v) is 10.8. The van der Waals surface area contributed by atoms with Crippen LogP contribution in [-0.4, -0.2) is 23.3 Å². The van der Waals surface area contributed by atoms with Crippen LogP contribution in [-0.2, 0) is 9.09 Å². The quantitative estimate of drug-likeness (QED) is 0.475. The summed E-state index contributed by atoms with van der Waals surface area (Å²) < 4.78 is 87.7. The molecule has 0 aromatic heterocycles. The average Bonchev–Trinajstić information content (AvgIpc) is 2.20. The van der Waals surface area contributed by atoms with E-state index in [9.17, 15) is 30.9 Å². The Morgan fingerprint density at radius 2 is 1.80 bits per heavy atom. The van der Waals surface area contributed by atoms with Gasteiger partial charge in [-0.05, 0) is 12.5 Å². The number of hydrogen-bond acceptors (Lipinski definition) is 3.